The van der Waals surface area contributed by atoms with Crippen molar-refractivity contribution in [1.82, 2.24) is 9.80 Å². The zero-order valence-electron chi connectivity index (χ0n) is 14.0. The second-order valence-corrected chi connectivity index (χ2v) is 6.66. The van der Waals surface area contributed by atoms with Crippen LogP contribution in [0.5, 0.6) is 5.75 Å². The molecule has 4 nitrogen and oxygen atoms in total. The fourth-order valence-electron chi connectivity index (χ4n) is 3.94. The number of hydrogen-bond donors (Lipinski definition) is 1. The molecule has 3 rings (SSSR count). The van der Waals surface area contributed by atoms with Crippen LogP contribution in [0.25, 0.3) is 0 Å². The van der Waals surface area contributed by atoms with Gasteiger partial charge < -0.3 is 15.4 Å². The van der Waals surface area contributed by atoms with Gasteiger partial charge in [0, 0.05) is 19.1 Å². The third-order valence-corrected chi connectivity index (χ3v) is 5.21. The normalized spacial score (nSPS) is 20.8. The summed E-state index contributed by atoms with van der Waals surface area (Å²) in [4.78, 5) is 5.27. The molecule has 0 saturated carbocycles. The summed E-state index contributed by atoms with van der Waals surface area (Å²) in [5, 5.41) is 0. The van der Waals surface area contributed by atoms with Crippen molar-refractivity contribution in [3.05, 3.63) is 23.3 Å². The van der Waals surface area contributed by atoms with Gasteiger partial charge in [0.1, 0.15) is 5.75 Å². The molecule has 1 fully saturated rings. The van der Waals surface area contributed by atoms with Gasteiger partial charge in [-0.15, -0.1) is 0 Å². The van der Waals surface area contributed by atoms with Gasteiger partial charge >= 0.3 is 0 Å². The molecule has 2 aliphatic heterocycles. The SMILES string of the molecule is CCCN1CCC(N2CCc3cc(OC)c(N)cc3C2)CC1. The zero-order chi connectivity index (χ0) is 15.5. The van der Waals surface area contributed by atoms with Gasteiger partial charge in [0.2, 0.25) is 0 Å². The summed E-state index contributed by atoms with van der Waals surface area (Å²) in [5.41, 5.74) is 9.64. The molecule has 122 valence electrons. The van der Waals surface area contributed by atoms with Crippen LogP contribution < -0.4 is 10.5 Å². The number of benzene rings is 1. The quantitative estimate of drug-likeness (QED) is 0.868. The van der Waals surface area contributed by atoms with E-state index >= 15 is 0 Å². The average Bonchev–Trinajstić information content (AvgIpc) is 2.54. The maximum Gasteiger partial charge on any atom is 0.142 e. The summed E-state index contributed by atoms with van der Waals surface area (Å²) in [6, 6.07) is 4.99. The minimum absolute atomic E-state index is 0.740. The van der Waals surface area contributed by atoms with E-state index in [4.69, 9.17) is 10.5 Å². The summed E-state index contributed by atoms with van der Waals surface area (Å²) in [7, 11) is 1.69. The fourth-order valence-corrected chi connectivity index (χ4v) is 3.94. The second kappa shape index (κ2) is 6.88. The molecule has 0 bridgehead atoms. The molecule has 0 unspecified atom stereocenters. The minimum atomic E-state index is 0.740. The summed E-state index contributed by atoms with van der Waals surface area (Å²) in [6.45, 7) is 8.25. The van der Waals surface area contributed by atoms with E-state index in [0.717, 1.165) is 30.4 Å². The smallest absolute Gasteiger partial charge is 0.142 e. The van der Waals surface area contributed by atoms with E-state index in [9.17, 15) is 0 Å². The average molecular weight is 303 g/mol. The molecule has 1 aromatic rings. The van der Waals surface area contributed by atoms with Crippen molar-refractivity contribution >= 4 is 5.69 Å². The predicted octanol–water partition coefficient (Wildman–Crippen LogP) is 2.51. The first kappa shape index (κ1) is 15.6. The maximum atomic E-state index is 6.08. The summed E-state index contributed by atoms with van der Waals surface area (Å²) < 4.78 is 5.34. The van der Waals surface area contributed by atoms with Crippen LogP contribution in [0.15, 0.2) is 12.1 Å². The van der Waals surface area contributed by atoms with Gasteiger partial charge in [0.25, 0.3) is 0 Å². The summed E-state index contributed by atoms with van der Waals surface area (Å²) in [5.74, 6) is 0.820. The topological polar surface area (TPSA) is 41.7 Å². The number of piperidine rings is 1. The van der Waals surface area contributed by atoms with Gasteiger partial charge in [-0.05, 0) is 68.6 Å². The van der Waals surface area contributed by atoms with Crippen LogP contribution in [-0.4, -0.2) is 49.1 Å². The number of ether oxygens (including phenoxy) is 1. The van der Waals surface area contributed by atoms with E-state index in [-0.39, 0.29) is 0 Å². The number of methoxy groups -OCH3 is 1. The Hall–Kier alpha value is -1.26. The molecule has 0 amide bonds. The summed E-state index contributed by atoms with van der Waals surface area (Å²) in [6.07, 6.45) is 4.99. The van der Waals surface area contributed by atoms with E-state index in [1.807, 2.05) is 0 Å². The number of fused-ring (bicyclic) bond motifs is 1. The van der Waals surface area contributed by atoms with Gasteiger partial charge in [-0.1, -0.05) is 6.92 Å². The number of likely N-dealkylation sites (tertiary alicyclic amines) is 1. The van der Waals surface area contributed by atoms with Crippen molar-refractivity contribution in [3.8, 4) is 5.75 Å². The van der Waals surface area contributed by atoms with Crippen LogP contribution in [0, 0.1) is 0 Å². The van der Waals surface area contributed by atoms with E-state index in [1.54, 1.807) is 7.11 Å². The Bertz CT molecular complexity index is 509. The highest BCUT2D eigenvalue weighted by molar-refractivity contribution is 5.57. The Balaban J connectivity index is 1.64. The van der Waals surface area contributed by atoms with Crippen molar-refractivity contribution in [2.24, 2.45) is 0 Å². The first-order valence-electron chi connectivity index (χ1n) is 8.63. The Labute approximate surface area is 134 Å². The highest BCUT2D eigenvalue weighted by Gasteiger charge is 2.27. The van der Waals surface area contributed by atoms with Crippen LogP contribution >= 0.6 is 0 Å². The number of anilines is 1. The standard InChI is InChI=1S/C18H29N3O/c1-3-7-20-8-5-16(6-9-20)21-10-4-14-12-18(22-2)17(19)11-15(14)13-21/h11-12,16H,3-10,13,19H2,1-2H3. The molecule has 2 heterocycles. The summed E-state index contributed by atoms with van der Waals surface area (Å²) >= 11 is 0. The first-order chi connectivity index (χ1) is 10.7. The Morgan fingerprint density at radius 3 is 2.64 bits per heavy atom. The number of rotatable bonds is 4. The monoisotopic (exact) mass is 303 g/mol. The van der Waals surface area contributed by atoms with Gasteiger partial charge in [-0.25, -0.2) is 0 Å². The number of nitrogens with zero attached hydrogens (tertiary/aromatic N) is 2. The number of nitrogen functional groups attached to an aromatic ring is 1. The molecule has 22 heavy (non-hydrogen) atoms. The maximum absolute atomic E-state index is 6.08. The first-order valence-corrected chi connectivity index (χ1v) is 8.63. The molecule has 0 atom stereocenters. The van der Waals surface area contributed by atoms with Crippen LogP contribution in [0.3, 0.4) is 0 Å². The predicted molar refractivity (Wildman–Crippen MR) is 91.3 cm³/mol. The molecule has 0 spiro atoms. The van der Waals surface area contributed by atoms with Gasteiger partial charge in [-0.2, -0.15) is 0 Å². The van der Waals surface area contributed by atoms with E-state index < -0.39 is 0 Å². The number of hydrogen-bond acceptors (Lipinski definition) is 4. The molecule has 0 aliphatic carbocycles. The third-order valence-electron chi connectivity index (χ3n) is 5.21. The molecule has 0 aromatic heterocycles. The Morgan fingerprint density at radius 2 is 1.95 bits per heavy atom. The van der Waals surface area contributed by atoms with Crippen LogP contribution in [0.1, 0.15) is 37.3 Å². The Morgan fingerprint density at radius 1 is 1.18 bits per heavy atom. The lowest BCUT2D eigenvalue weighted by Crippen LogP contribution is -2.46. The third kappa shape index (κ3) is 3.23. The van der Waals surface area contributed by atoms with E-state index in [0.29, 0.717) is 0 Å². The molecular formula is C18H29N3O. The van der Waals surface area contributed by atoms with E-state index in [2.05, 4.69) is 28.9 Å². The van der Waals surface area contributed by atoms with Gasteiger partial charge in [0.15, 0.2) is 0 Å². The molecule has 0 radical (unpaired) electrons. The highest BCUT2D eigenvalue weighted by atomic mass is 16.5. The van der Waals surface area contributed by atoms with E-state index in [1.165, 1.54) is 56.6 Å². The molecule has 2 aliphatic rings. The number of nitrogens with two attached hydrogens (primary N) is 1. The fraction of sp³-hybridized carbons (Fsp3) is 0.667. The van der Waals surface area contributed by atoms with Crippen molar-refractivity contribution in [3.63, 3.8) is 0 Å². The van der Waals surface area contributed by atoms with Crippen LogP contribution in [0.2, 0.25) is 0 Å². The van der Waals surface area contributed by atoms with Crippen LogP contribution in [-0.2, 0) is 13.0 Å². The largest absolute Gasteiger partial charge is 0.495 e. The van der Waals surface area contributed by atoms with Crippen molar-refractivity contribution in [1.29, 1.82) is 0 Å². The molecule has 2 N–H and O–H groups in total. The minimum Gasteiger partial charge on any atom is -0.495 e. The lowest BCUT2D eigenvalue weighted by molar-refractivity contribution is 0.0982. The second-order valence-electron chi connectivity index (χ2n) is 6.66. The van der Waals surface area contributed by atoms with Crippen molar-refractivity contribution < 1.29 is 4.74 Å². The lowest BCUT2D eigenvalue weighted by Gasteiger charge is -2.40. The molecular weight excluding hydrogens is 274 g/mol. The zero-order valence-corrected chi connectivity index (χ0v) is 14.0. The van der Waals surface area contributed by atoms with Crippen molar-refractivity contribution in [2.75, 3.05) is 39.0 Å². The van der Waals surface area contributed by atoms with Crippen LogP contribution in [0.4, 0.5) is 5.69 Å². The molecule has 1 saturated heterocycles. The van der Waals surface area contributed by atoms with Gasteiger partial charge in [0.05, 0.1) is 12.8 Å². The Kier molecular flexibility index (Phi) is 4.89. The highest BCUT2D eigenvalue weighted by Crippen LogP contribution is 2.31. The lowest BCUT2D eigenvalue weighted by atomic mass is 9.94. The molecule has 4 heteroatoms. The molecule has 1 aromatic carbocycles. The van der Waals surface area contributed by atoms with Gasteiger partial charge in [-0.3, -0.25) is 4.90 Å². The van der Waals surface area contributed by atoms with Crippen molar-refractivity contribution in [2.45, 2.75) is 45.2 Å².